The van der Waals surface area contributed by atoms with Crippen molar-refractivity contribution in [1.29, 1.82) is 0 Å². The van der Waals surface area contributed by atoms with Crippen LogP contribution >= 0.6 is 0 Å². The fourth-order valence-corrected chi connectivity index (χ4v) is 7.09. The van der Waals surface area contributed by atoms with Crippen molar-refractivity contribution >= 4 is 43.1 Å². The molecule has 0 bridgehead atoms. The molecular formula is C40H24. The van der Waals surface area contributed by atoms with E-state index in [1.54, 1.807) is 0 Å². The second-order valence-corrected chi connectivity index (χ2v) is 10.8. The lowest BCUT2D eigenvalue weighted by Gasteiger charge is -2.18. The molecule has 1 aliphatic rings. The fourth-order valence-electron chi connectivity index (χ4n) is 7.09. The molecule has 0 fully saturated rings. The average Bonchev–Trinajstić information content (AvgIpc) is 3.35. The van der Waals surface area contributed by atoms with E-state index >= 15 is 0 Å². The summed E-state index contributed by atoms with van der Waals surface area (Å²) < 4.78 is 0. The number of benzene rings is 8. The molecule has 184 valence electrons. The molecule has 8 aromatic rings. The summed E-state index contributed by atoms with van der Waals surface area (Å²) >= 11 is 0. The van der Waals surface area contributed by atoms with Gasteiger partial charge in [0.05, 0.1) is 0 Å². The van der Waals surface area contributed by atoms with E-state index in [0.29, 0.717) is 0 Å². The third kappa shape index (κ3) is 2.91. The summed E-state index contributed by atoms with van der Waals surface area (Å²) in [6.07, 6.45) is 0. The second-order valence-electron chi connectivity index (χ2n) is 10.8. The van der Waals surface area contributed by atoms with Crippen LogP contribution in [0.2, 0.25) is 0 Å². The highest BCUT2D eigenvalue weighted by Crippen LogP contribution is 2.54. The van der Waals surface area contributed by atoms with Gasteiger partial charge >= 0.3 is 0 Å². The molecule has 1 aliphatic carbocycles. The lowest BCUT2D eigenvalue weighted by Crippen LogP contribution is -1.91. The first kappa shape index (κ1) is 21.7. The Bertz CT molecular complexity index is 2290. The highest BCUT2D eigenvalue weighted by atomic mass is 14.3. The summed E-state index contributed by atoms with van der Waals surface area (Å²) in [6, 6.07) is 53.7. The van der Waals surface area contributed by atoms with Gasteiger partial charge in [0.15, 0.2) is 0 Å². The minimum atomic E-state index is 1.25. The van der Waals surface area contributed by atoms with Gasteiger partial charge in [-0.25, -0.2) is 0 Å². The van der Waals surface area contributed by atoms with Crippen LogP contribution in [0.4, 0.5) is 0 Å². The second kappa shape index (κ2) is 8.15. The maximum Gasteiger partial charge on any atom is -0.00137 e. The highest BCUT2D eigenvalue weighted by molar-refractivity contribution is 6.28. The summed E-state index contributed by atoms with van der Waals surface area (Å²) in [4.78, 5) is 0. The van der Waals surface area contributed by atoms with Gasteiger partial charge in [-0.05, 0) is 99.7 Å². The van der Waals surface area contributed by atoms with Crippen LogP contribution in [-0.4, -0.2) is 0 Å². The molecule has 0 atom stereocenters. The lowest BCUT2D eigenvalue weighted by molar-refractivity contribution is 1.65. The van der Waals surface area contributed by atoms with Gasteiger partial charge in [0, 0.05) is 0 Å². The Morgan fingerprint density at radius 3 is 1.62 bits per heavy atom. The molecule has 0 saturated heterocycles. The summed E-state index contributed by atoms with van der Waals surface area (Å²) in [7, 11) is 0. The average molecular weight is 505 g/mol. The molecular weight excluding hydrogens is 480 g/mol. The zero-order chi connectivity index (χ0) is 26.2. The molecule has 40 heavy (non-hydrogen) atoms. The van der Waals surface area contributed by atoms with E-state index in [2.05, 4.69) is 146 Å². The Hall–Kier alpha value is -5.20. The van der Waals surface area contributed by atoms with Crippen LogP contribution in [-0.2, 0) is 0 Å². The van der Waals surface area contributed by atoms with Crippen LogP contribution in [0.15, 0.2) is 146 Å². The van der Waals surface area contributed by atoms with E-state index in [1.165, 1.54) is 87.6 Å². The van der Waals surface area contributed by atoms with Gasteiger partial charge in [-0.3, -0.25) is 0 Å². The first-order valence-corrected chi connectivity index (χ1v) is 14.0. The van der Waals surface area contributed by atoms with Crippen LogP contribution in [0.25, 0.3) is 87.6 Å². The molecule has 0 amide bonds. The van der Waals surface area contributed by atoms with E-state index in [-0.39, 0.29) is 0 Å². The minimum Gasteiger partial charge on any atom is -0.0622 e. The van der Waals surface area contributed by atoms with Crippen molar-refractivity contribution in [2.75, 3.05) is 0 Å². The maximum atomic E-state index is 2.47. The Morgan fingerprint density at radius 2 is 0.850 bits per heavy atom. The number of rotatable bonds is 2. The summed E-state index contributed by atoms with van der Waals surface area (Å²) in [6.45, 7) is 0. The largest absolute Gasteiger partial charge is 0.0622 e. The highest BCUT2D eigenvalue weighted by Gasteiger charge is 2.27. The molecule has 0 radical (unpaired) electrons. The maximum absolute atomic E-state index is 2.47. The molecule has 9 rings (SSSR count). The normalized spacial score (nSPS) is 12.0. The third-order valence-corrected chi connectivity index (χ3v) is 8.77. The molecule has 0 spiro atoms. The predicted molar refractivity (Wildman–Crippen MR) is 172 cm³/mol. The first-order chi connectivity index (χ1) is 19.9. The SMILES string of the molecule is c1ccc(-c2cc3c4cc5c(c(-c6ccccc6)c4ccc3c3ccccc23)-c2cccc3cccc-5c23)cc1. The van der Waals surface area contributed by atoms with Crippen LogP contribution in [0.1, 0.15) is 0 Å². The summed E-state index contributed by atoms with van der Waals surface area (Å²) in [5.74, 6) is 0. The summed E-state index contributed by atoms with van der Waals surface area (Å²) in [5, 5.41) is 10.5. The van der Waals surface area contributed by atoms with Crippen LogP contribution in [0, 0.1) is 0 Å². The smallest absolute Gasteiger partial charge is 0.00137 e. The molecule has 0 aromatic heterocycles. The molecule has 0 N–H and O–H groups in total. The van der Waals surface area contributed by atoms with E-state index in [9.17, 15) is 0 Å². The Balaban J connectivity index is 1.50. The van der Waals surface area contributed by atoms with Crippen molar-refractivity contribution in [2.45, 2.75) is 0 Å². The van der Waals surface area contributed by atoms with Gasteiger partial charge in [0.25, 0.3) is 0 Å². The van der Waals surface area contributed by atoms with Gasteiger partial charge < -0.3 is 0 Å². The van der Waals surface area contributed by atoms with Crippen molar-refractivity contribution in [2.24, 2.45) is 0 Å². The number of hydrogen-bond donors (Lipinski definition) is 0. The predicted octanol–water partition coefficient (Wildman–Crippen LogP) is 11.3. The minimum absolute atomic E-state index is 1.25. The van der Waals surface area contributed by atoms with Crippen molar-refractivity contribution < 1.29 is 0 Å². The Kier molecular flexibility index (Phi) is 4.42. The lowest BCUT2D eigenvalue weighted by atomic mass is 9.85. The van der Waals surface area contributed by atoms with Gasteiger partial charge in [0.1, 0.15) is 0 Å². The van der Waals surface area contributed by atoms with Gasteiger partial charge in [-0.1, -0.05) is 133 Å². The van der Waals surface area contributed by atoms with Gasteiger partial charge in [0.2, 0.25) is 0 Å². The zero-order valence-electron chi connectivity index (χ0n) is 21.9. The van der Waals surface area contributed by atoms with Gasteiger partial charge in [-0.15, -0.1) is 0 Å². The van der Waals surface area contributed by atoms with Crippen LogP contribution in [0.5, 0.6) is 0 Å². The standard InChI is InChI=1S/C40H24/c1-3-11-25(12-4-1)34-23-35-30(28-17-7-8-18-29(28)34)21-22-32-36(35)24-37-31-19-9-15-26-16-10-20-33(38(26)31)40(37)39(32)27-13-5-2-6-14-27/h1-24H. The molecule has 0 heteroatoms. The van der Waals surface area contributed by atoms with Crippen LogP contribution in [0.3, 0.4) is 0 Å². The van der Waals surface area contributed by atoms with Crippen molar-refractivity contribution in [3.05, 3.63) is 146 Å². The van der Waals surface area contributed by atoms with Gasteiger partial charge in [-0.2, -0.15) is 0 Å². The van der Waals surface area contributed by atoms with E-state index in [0.717, 1.165) is 0 Å². The quantitative estimate of drug-likeness (QED) is 0.205. The van der Waals surface area contributed by atoms with Crippen molar-refractivity contribution in [3.63, 3.8) is 0 Å². The molecule has 0 saturated carbocycles. The third-order valence-electron chi connectivity index (χ3n) is 8.77. The zero-order valence-corrected chi connectivity index (χ0v) is 21.9. The Labute approximate surface area is 232 Å². The van der Waals surface area contributed by atoms with Crippen LogP contribution < -0.4 is 0 Å². The topological polar surface area (TPSA) is 0 Å². The van der Waals surface area contributed by atoms with E-state index in [4.69, 9.17) is 0 Å². The number of hydrogen-bond acceptors (Lipinski definition) is 0. The number of fused-ring (bicyclic) bond motifs is 8. The van der Waals surface area contributed by atoms with E-state index in [1.807, 2.05) is 0 Å². The fraction of sp³-hybridized carbons (Fsp3) is 0. The molecule has 0 unspecified atom stereocenters. The molecule has 0 nitrogen and oxygen atoms in total. The summed E-state index contributed by atoms with van der Waals surface area (Å²) in [5.41, 5.74) is 10.5. The van der Waals surface area contributed by atoms with Crippen molar-refractivity contribution in [3.8, 4) is 44.5 Å². The first-order valence-electron chi connectivity index (χ1n) is 14.0. The Morgan fingerprint density at radius 1 is 0.275 bits per heavy atom. The van der Waals surface area contributed by atoms with Crippen molar-refractivity contribution in [1.82, 2.24) is 0 Å². The molecule has 0 heterocycles. The molecule has 0 aliphatic heterocycles. The monoisotopic (exact) mass is 504 g/mol. The van der Waals surface area contributed by atoms with E-state index < -0.39 is 0 Å². The molecule has 8 aromatic carbocycles.